The van der Waals surface area contributed by atoms with E-state index in [-0.39, 0.29) is 16.0 Å². The molecular weight excluding hydrogens is 366 g/mol. The van der Waals surface area contributed by atoms with Gasteiger partial charge in [0.25, 0.3) is 5.92 Å². The molecular formula is C19H15ClF2O2S. The number of alkyl halides is 2. The molecule has 0 fully saturated rings. The molecule has 0 atom stereocenters. The molecule has 2 nitrogen and oxygen atoms in total. The summed E-state index contributed by atoms with van der Waals surface area (Å²) in [6, 6.07) is 11.5. The van der Waals surface area contributed by atoms with Gasteiger partial charge in [0, 0.05) is 22.4 Å². The highest BCUT2D eigenvalue weighted by Gasteiger charge is 2.39. The van der Waals surface area contributed by atoms with Crippen molar-refractivity contribution in [2.75, 3.05) is 6.26 Å². The Morgan fingerprint density at radius 2 is 1.56 bits per heavy atom. The zero-order valence-electron chi connectivity index (χ0n) is 13.3. The van der Waals surface area contributed by atoms with Crippen LogP contribution < -0.4 is 0 Å². The van der Waals surface area contributed by atoms with Crippen molar-refractivity contribution in [3.63, 3.8) is 0 Å². The second-order valence-corrected chi connectivity index (χ2v) is 8.30. The van der Waals surface area contributed by atoms with Gasteiger partial charge in [0.2, 0.25) is 0 Å². The first-order valence-corrected chi connectivity index (χ1v) is 9.82. The molecule has 25 heavy (non-hydrogen) atoms. The molecule has 3 rings (SSSR count). The van der Waals surface area contributed by atoms with Crippen molar-refractivity contribution in [2.24, 2.45) is 0 Å². The smallest absolute Gasteiger partial charge is 0.224 e. The van der Waals surface area contributed by atoms with Gasteiger partial charge in [0.1, 0.15) is 0 Å². The fraction of sp³-hybridized carbons (Fsp3) is 0.158. The van der Waals surface area contributed by atoms with Crippen LogP contribution in [0.15, 0.2) is 71.2 Å². The van der Waals surface area contributed by atoms with Gasteiger partial charge in [-0.15, -0.1) is 0 Å². The average Bonchev–Trinajstić information content (AvgIpc) is 3.05. The average molecular weight is 381 g/mol. The molecule has 0 amide bonds. The summed E-state index contributed by atoms with van der Waals surface area (Å²) in [4.78, 5) is 0.157. The maximum atomic E-state index is 14.9. The fourth-order valence-electron chi connectivity index (χ4n) is 2.78. The lowest BCUT2D eigenvalue weighted by Crippen LogP contribution is -2.17. The third-order valence-corrected chi connectivity index (χ3v) is 5.45. The van der Waals surface area contributed by atoms with E-state index < -0.39 is 15.8 Å². The van der Waals surface area contributed by atoms with Crippen LogP contribution in [0.3, 0.4) is 0 Å². The van der Waals surface area contributed by atoms with Gasteiger partial charge < -0.3 is 0 Å². The van der Waals surface area contributed by atoms with Gasteiger partial charge in [-0.1, -0.05) is 48.0 Å². The van der Waals surface area contributed by atoms with Crippen LogP contribution in [0.2, 0.25) is 5.02 Å². The lowest BCUT2D eigenvalue weighted by atomic mass is 9.92. The van der Waals surface area contributed by atoms with Crippen molar-refractivity contribution in [3.05, 3.63) is 82.4 Å². The van der Waals surface area contributed by atoms with Crippen LogP contribution in [0.1, 0.15) is 17.5 Å². The predicted molar refractivity (Wildman–Crippen MR) is 95.6 cm³/mol. The van der Waals surface area contributed by atoms with E-state index in [9.17, 15) is 17.2 Å². The third-order valence-electron chi connectivity index (χ3n) is 4.07. The molecule has 2 aromatic rings. The van der Waals surface area contributed by atoms with Crippen molar-refractivity contribution < 1.29 is 17.2 Å². The number of halogens is 3. The van der Waals surface area contributed by atoms with E-state index in [1.165, 1.54) is 42.5 Å². The molecule has 0 heterocycles. The van der Waals surface area contributed by atoms with Gasteiger partial charge in [-0.25, -0.2) is 8.42 Å². The van der Waals surface area contributed by atoms with Crippen molar-refractivity contribution in [1.29, 1.82) is 0 Å². The summed E-state index contributed by atoms with van der Waals surface area (Å²) in [6.45, 7) is 0. The summed E-state index contributed by atoms with van der Waals surface area (Å²) in [5.74, 6) is -3.16. The lowest BCUT2D eigenvalue weighted by Gasteiger charge is -2.21. The number of hydrogen-bond acceptors (Lipinski definition) is 2. The Kier molecular flexibility index (Phi) is 4.56. The van der Waals surface area contributed by atoms with Crippen LogP contribution in [0, 0.1) is 0 Å². The molecule has 0 bridgehead atoms. The predicted octanol–water partition coefficient (Wildman–Crippen LogP) is 5.25. The number of allylic oxidation sites excluding steroid dienone is 4. The van der Waals surface area contributed by atoms with Gasteiger partial charge in [0.15, 0.2) is 9.84 Å². The molecule has 0 saturated heterocycles. The Bertz CT molecular complexity index is 957. The third kappa shape index (κ3) is 3.53. The Balaban J connectivity index is 1.96. The molecule has 0 unspecified atom stereocenters. The molecule has 130 valence electrons. The molecule has 1 aliphatic carbocycles. The largest absolute Gasteiger partial charge is 0.298 e. The molecule has 2 aromatic carbocycles. The first kappa shape index (κ1) is 17.8. The van der Waals surface area contributed by atoms with E-state index in [1.54, 1.807) is 18.2 Å². The molecule has 0 radical (unpaired) electrons. The lowest BCUT2D eigenvalue weighted by molar-refractivity contribution is 0.0435. The second-order valence-electron chi connectivity index (χ2n) is 5.85. The highest BCUT2D eigenvalue weighted by Crippen LogP contribution is 2.45. The quantitative estimate of drug-likeness (QED) is 0.726. The van der Waals surface area contributed by atoms with E-state index in [0.29, 0.717) is 22.6 Å². The number of hydrogen-bond donors (Lipinski definition) is 0. The van der Waals surface area contributed by atoms with Crippen LogP contribution in [0.5, 0.6) is 0 Å². The van der Waals surface area contributed by atoms with Crippen LogP contribution in [-0.2, 0) is 15.8 Å². The van der Waals surface area contributed by atoms with E-state index in [4.69, 9.17) is 11.6 Å². The minimum absolute atomic E-state index is 0.0815. The Morgan fingerprint density at radius 1 is 0.960 bits per heavy atom. The van der Waals surface area contributed by atoms with E-state index in [2.05, 4.69) is 0 Å². The van der Waals surface area contributed by atoms with Gasteiger partial charge in [-0.3, -0.25) is 0 Å². The molecule has 0 aromatic heterocycles. The summed E-state index contributed by atoms with van der Waals surface area (Å²) in [5, 5.41) is 0.395. The SMILES string of the molecule is CS(=O)(=O)c1ccc(C2=CCC=C2C(F)(F)c2ccc(Cl)cc2)cc1. The van der Waals surface area contributed by atoms with E-state index in [0.717, 1.165) is 6.26 Å². The maximum absolute atomic E-state index is 14.9. The van der Waals surface area contributed by atoms with Crippen LogP contribution in [0.25, 0.3) is 5.57 Å². The minimum atomic E-state index is -3.33. The monoisotopic (exact) mass is 380 g/mol. The Morgan fingerprint density at radius 3 is 2.12 bits per heavy atom. The first-order chi connectivity index (χ1) is 11.7. The van der Waals surface area contributed by atoms with E-state index >= 15 is 0 Å². The Labute approximate surface area is 150 Å². The van der Waals surface area contributed by atoms with Crippen LogP contribution in [0.4, 0.5) is 8.78 Å². The maximum Gasteiger partial charge on any atom is 0.298 e. The standard InChI is InChI=1S/C19H15ClF2O2S/c1-25(23,24)16-11-5-13(6-12-16)17-3-2-4-18(17)19(21,22)14-7-9-15(20)10-8-14/h3-12H,2H2,1H3. The van der Waals surface area contributed by atoms with Crippen molar-refractivity contribution in [2.45, 2.75) is 17.2 Å². The van der Waals surface area contributed by atoms with Gasteiger partial charge in [-0.05, 0) is 41.8 Å². The minimum Gasteiger partial charge on any atom is -0.224 e. The van der Waals surface area contributed by atoms with Crippen molar-refractivity contribution in [3.8, 4) is 0 Å². The highest BCUT2D eigenvalue weighted by molar-refractivity contribution is 7.90. The Hall–Kier alpha value is -1.98. The fourth-order valence-corrected chi connectivity index (χ4v) is 3.54. The molecule has 0 spiro atoms. The summed E-state index contributed by atoms with van der Waals surface area (Å²) in [5.41, 5.74) is 0.760. The second kappa shape index (κ2) is 6.39. The number of rotatable bonds is 4. The zero-order chi connectivity index (χ0) is 18.2. The molecule has 0 N–H and O–H groups in total. The van der Waals surface area contributed by atoms with Crippen molar-refractivity contribution >= 4 is 27.0 Å². The molecule has 6 heteroatoms. The topological polar surface area (TPSA) is 34.1 Å². The zero-order valence-corrected chi connectivity index (χ0v) is 14.9. The van der Waals surface area contributed by atoms with Crippen molar-refractivity contribution in [1.82, 2.24) is 0 Å². The summed E-state index contributed by atoms with van der Waals surface area (Å²) >= 11 is 5.78. The number of sulfone groups is 1. The van der Waals surface area contributed by atoms with Crippen LogP contribution in [-0.4, -0.2) is 14.7 Å². The summed E-state index contributed by atoms with van der Waals surface area (Å²) in [6.07, 6.45) is 4.72. The summed E-state index contributed by atoms with van der Waals surface area (Å²) in [7, 11) is -3.33. The molecule has 0 saturated carbocycles. The normalized spacial score (nSPS) is 15.0. The van der Waals surface area contributed by atoms with Gasteiger partial charge >= 0.3 is 0 Å². The highest BCUT2D eigenvalue weighted by atomic mass is 35.5. The van der Waals surface area contributed by atoms with Crippen LogP contribution >= 0.6 is 11.6 Å². The number of benzene rings is 2. The molecule has 0 aliphatic heterocycles. The van der Waals surface area contributed by atoms with Gasteiger partial charge in [-0.2, -0.15) is 8.78 Å². The van der Waals surface area contributed by atoms with E-state index in [1.807, 2.05) is 0 Å². The first-order valence-electron chi connectivity index (χ1n) is 7.55. The summed E-state index contributed by atoms with van der Waals surface area (Å²) < 4.78 is 53.0. The van der Waals surface area contributed by atoms with Gasteiger partial charge in [0.05, 0.1) is 4.90 Å². The molecule has 1 aliphatic rings.